The lowest BCUT2D eigenvalue weighted by Crippen LogP contribution is -2.04. The number of rotatable bonds is 4. The largest absolute Gasteiger partial charge is 0.462 e. The van der Waals surface area contributed by atoms with Crippen molar-refractivity contribution in [1.82, 2.24) is 0 Å². The smallest absolute Gasteiger partial charge is 0.348 e. The molecule has 0 bridgehead atoms. The zero-order chi connectivity index (χ0) is 16.4. The number of carbonyl (C=O) groups is 1. The third-order valence-corrected chi connectivity index (χ3v) is 5.43. The molecule has 5 heteroatoms. The highest BCUT2D eigenvalue weighted by molar-refractivity contribution is 7.16. The average molecular weight is 346 g/mol. The van der Waals surface area contributed by atoms with E-state index in [0.717, 1.165) is 16.0 Å². The minimum Gasteiger partial charge on any atom is -0.462 e. The topological polar surface area (TPSA) is 26.3 Å². The van der Waals surface area contributed by atoms with Gasteiger partial charge in [-0.2, -0.15) is 0 Å². The van der Waals surface area contributed by atoms with Crippen LogP contribution >= 0.6 is 22.7 Å². The normalized spacial score (nSPS) is 10.7. The highest BCUT2D eigenvalue weighted by Crippen LogP contribution is 2.42. The van der Waals surface area contributed by atoms with E-state index in [4.69, 9.17) is 4.74 Å². The van der Waals surface area contributed by atoms with Gasteiger partial charge in [0.05, 0.1) is 6.61 Å². The number of hydrogen-bond acceptors (Lipinski definition) is 4. The SMILES string of the molecule is CCOC(=O)c1scc(-c2cc(C)cs2)c1-c1ccccc1F. The summed E-state index contributed by atoms with van der Waals surface area (Å²) >= 11 is 2.89. The van der Waals surface area contributed by atoms with Gasteiger partial charge in [0.15, 0.2) is 0 Å². The van der Waals surface area contributed by atoms with Gasteiger partial charge in [-0.15, -0.1) is 22.7 Å². The van der Waals surface area contributed by atoms with Gasteiger partial charge < -0.3 is 4.74 Å². The summed E-state index contributed by atoms with van der Waals surface area (Å²) in [5.41, 5.74) is 3.07. The summed E-state index contributed by atoms with van der Waals surface area (Å²) < 4.78 is 19.5. The number of ether oxygens (including phenoxy) is 1. The van der Waals surface area contributed by atoms with E-state index >= 15 is 0 Å². The van der Waals surface area contributed by atoms with Crippen LogP contribution in [0, 0.1) is 12.7 Å². The molecule has 3 rings (SSSR count). The Hall–Kier alpha value is -1.98. The number of hydrogen-bond donors (Lipinski definition) is 0. The zero-order valence-electron chi connectivity index (χ0n) is 12.8. The molecule has 0 aliphatic heterocycles. The summed E-state index contributed by atoms with van der Waals surface area (Å²) in [4.78, 5) is 13.7. The quantitative estimate of drug-likeness (QED) is 0.561. The predicted molar refractivity (Wildman–Crippen MR) is 93.7 cm³/mol. The first kappa shape index (κ1) is 15.9. The van der Waals surface area contributed by atoms with Crippen molar-refractivity contribution in [1.29, 1.82) is 0 Å². The Morgan fingerprint density at radius 1 is 1.17 bits per heavy atom. The molecule has 23 heavy (non-hydrogen) atoms. The van der Waals surface area contributed by atoms with Gasteiger partial charge in [0.1, 0.15) is 10.7 Å². The Morgan fingerprint density at radius 2 is 1.96 bits per heavy atom. The maximum absolute atomic E-state index is 14.3. The number of thiophene rings is 2. The molecule has 0 aliphatic carbocycles. The van der Waals surface area contributed by atoms with Crippen molar-refractivity contribution in [3.05, 3.63) is 57.3 Å². The van der Waals surface area contributed by atoms with Crippen LogP contribution in [0.3, 0.4) is 0 Å². The first-order valence-corrected chi connectivity index (χ1v) is 8.96. The van der Waals surface area contributed by atoms with E-state index in [1.807, 2.05) is 23.8 Å². The molecule has 2 heterocycles. The van der Waals surface area contributed by atoms with Crippen molar-refractivity contribution in [3.8, 4) is 21.6 Å². The number of esters is 1. The molecule has 118 valence electrons. The molecule has 0 fully saturated rings. The van der Waals surface area contributed by atoms with Crippen molar-refractivity contribution in [2.75, 3.05) is 6.61 Å². The highest BCUT2D eigenvalue weighted by Gasteiger charge is 2.23. The first-order valence-electron chi connectivity index (χ1n) is 7.20. The summed E-state index contributed by atoms with van der Waals surface area (Å²) in [7, 11) is 0. The zero-order valence-corrected chi connectivity index (χ0v) is 14.4. The summed E-state index contributed by atoms with van der Waals surface area (Å²) in [5, 5.41) is 3.95. The van der Waals surface area contributed by atoms with Crippen LogP contribution in [0.25, 0.3) is 21.6 Å². The lowest BCUT2D eigenvalue weighted by molar-refractivity contribution is 0.0533. The predicted octanol–water partition coefficient (Wildman–Crippen LogP) is 5.77. The van der Waals surface area contributed by atoms with E-state index in [9.17, 15) is 9.18 Å². The molecule has 2 nitrogen and oxygen atoms in total. The molecule has 0 N–H and O–H groups in total. The molecule has 2 aromatic heterocycles. The lowest BCUT2D eigenvalue weighted by atomic mass is 10.00. The monoisotopic (exact) mass is 346 g/mol. The van der Waals surface area contributed by atoms with Crippen LogP contribution in [-0.4, -0.2) is 12.6 Å². The van der Waals surface area contributed by atoms with Crippen LogP contribution in [0.1, 0.15) is 22.2 Å². The van der Waals surface area contributed by atoms with Gasteiger partial charge >= 0.3 is 5.97 Å². The van der Waals surface area contributed by atoms with Crippen molar-refractivity contribution in [3.63, 3.8) is 0 Å². The molecule has 3 aromatic rings. The molecular weight excluding hydrogens is 331 g/mol. The fourth-order valence-corrected chi connectivity index (χ4v) is 4.36. The van der Waals surface area contributed by atoms with Crippen LogP contribution in [0.4, 0.5) is 4.39 Å². The van der Waals surface area contributed by atoms with Gasteiger partial charge in [0, 0.05) is 26.9 Å². The summed E-state index contributed by atoms with van der Waals surface area (Å²) in [6.07, 6.45) is 0. The molecule has 0 amide bonds. The minimum absolute atomic E-state index is 0.293. The Kier molecular flexibility index (Phi) is 4.59. The molecule has 0 spiro atoms. The van der Waals surface area contributed by atoms with Crippen LogP contribution in [-0.2, 0) is 4.74 Å². The van der Waals surface area contributed by atoms with Gasteiger partial charge in [0.2, 0.25) is 0 Å². The summed E-state index contributed by atoms with van der Waals surface area (Å²) in [6.45, 7) is 4.07. The molecule has 1 aromatic carbocycles. The van der Waals surface area contributed by atoms with Crippen LogP contribution in [0.2, 0.25) is 0 Å². The number of carbonyl (C=O) groups excluding carboxylic acids is 1. The number of halogens is 1. The van der Waals surface area contributed by atoms with E-state index in [1.54, 1.807) is 36.5 Å². The van der Waals surface area contributed by atoms with E-state index in [1.165, 1.54) is 17.4 Å². The molecule has 0 atom stereocenters. The van der Waals surface area contributed by atoms with E-state index in [0.29, 0.717) is 22.6 Å². The van der Waals surface area contributed by atoms with E-state index in [-0.39, 0.29) is 5.82 Å². The van der Waals surface area contributed by atoms with Crippen LogP contribution in [0.5, 0.6) is 0 Å². The van der Waals surface area contributed by atoms with E-state index < -0.39 is 5.97 Å². The van der Waals surface area contributed by atoms with Gasteiger partial charge in [-0.1, -0.05) is 18.2 Å². The fourth-order valence-electron chi connectivity index (χ4n) is 2.39. The van der Waals surface area contributed by atoms with Gasteiger partial charge in [-0.3, -0.25) is 0 Å². The third-order valence-electron chi connectivity index (χ3n) is 3.39. The Bertz CT molecular complexity index is 848. The maximum Gasteiger partial charge on any atom is 0.348 e. The molecule has 0 aliphatic rings. The Labute approximate surface area is 142 Å². The molecular formula is C18H15FO2S2. The molecule has 0 radical (unpaired) electrons. The number of aryl methyl sites for hydroxylation is 1. The standard InChI is InChI=1S/C18H15FO2S2/c1-3-21-18(20)17-16(12-6-4-5-7-14(12)19)13(10-23-17)15-8-11(2)9-22-15/h4-10H,3H2,1-2H3. The minimum atomic E-state index is -0.407. The summed E-state index contributed by atoms with van der Waals surface area (Å²) in [5.74, 6) is -0.749. The second kappa shape index (κ2) is 6.64. The first-order chi connectivity index (χ1) is 11.1. The Morgan fingerprint density at radius 3 is 2.61 bits per heavy atom. The van der Waals surface area contributed by atoms with Gasteiger partial charge in [-0.25, -0.2) is 9.18 Å². The second-order valence-corrected chi connectivity index (χ2v) is 6.83. The molecule has 0 saturated carbocycles. The van der Waals surface area contributed by atoms with Crippen molar-refractivity contribution >= 4 is 28.6 Å². The molecule has 0 saturated heterocycles. The highest BCUT2D eigenvalue weighted by atomic mass is 32.1. The third kappa shape index (κ3) is 3.07. The Balaban J connectivity index is 2.22. The second-order valence-electron chi connectivity index (χ2n) is 5.04. The van der Waals surface area contributed by atoms with Gasteiger partial charge in [0.25, 0.3) is 0 Å². The van der Waals surface area contributed by atoms with Gasteiger partial charge in [-0.05, 0) is 36.9 Å². The average Bonchev–Trinajstić information content (AvgIpc) is 3.14. The maximum atomic E-state index is 14.3. The van der Waals surface area contributed by atoms with Crippen LogP contribution < -0.4 is 0 Å². The fraction of sp³-hybridized carbons (Fsp3) is 0.167. The molecule has 0 unspecified atom stereocenters. The van der Waals surface area contributed by atoms with Crippen LogP contribution in [0.15, 0.2) is 41.1 Å². The lowest BCUT2D eigenvalue weighted by Gasteiger charge is -2.08. The van der Waals surface area contributed by atoms with Crippen molar-refractivity contribution < 1.29 is 13.9 Å². The number of benzene rings is 1. The van der Waals surface area contributed by atoms with Crippen molar-refractivity contribution in [2.45, 2.75) is 13.8 Å². The van der Waals surface area contributed by atoms with Crippen molar-refractivity contribution in [2.24, 2.45) is 0 Å². The summed E-state index contributed by atoms with van der Waals surface area (Å²) in [6, 6.07) is 8.57. The van der Waals surface area contributed by atoms with E-state index in [2.05, 4.69) is 0 Å².